The van der Waals surface area contributed by atoms with Crippen molar-refractivity contribution < 1.29 is 21.2 Å². The van der Waals surface area contributed by atoms with E-state index in [4.69, 9.17) is 10.9 Å². The molecule has 0 bridgehead atoms. The first-order valence-electron chi connectivity index (χ1n) is 10.7. The Morgan fingerprint density at radius 1 is 0.806 bits per heavy atom. The molecule has 0 aliphatic heterocycles. The summed E-state index contributed by atoms with van der Waals surface area (Å²) in [7, 11) is -7.98. The van der Waals surface area contributed by atoms with Crippen LogP contribution in [0.1, 0.15) is 5.56 Å². The van der Waals surface area contributed by atoms with E-state index in [1.165, 1.54) is 24.3 Å². The molecule has 2 heterocycles. The third-order valence-electron chi connectivity index (χ3n) is 5.81. The number of para-hydroxylation sites is 2. The van der Waals surface area contributed by atoms with Crippen molar-refractivity contribution in [3.63, 3.8) is 0 Å². The second kappa shape index (κ2) is 8.66. The lowest BCUT2D eigenvalue weighted by Crippen LogP contribution is -2.12. The summed E-state index contributed by atoms with van der Waals surface area (Å²) in [5.41, 5.74) is 8.64. The first-order valence-corrected chi connectivity index (χ1v) is 13.8. The monoisotopic (exact) mass is 525 g/mol. The van der Waals surface area contributed by atoms with Gasteiger partial charge in [0.1, 0.15) is 22.0 Å². The van der Waals surface area contributed by atoms with Gasteiger partial charge in [-0.25, -0.2) is 36.3 Å². The number of anilines is 1. The number of hydrogen-bond acceptors (Lipinski definition) is 7. The molecule has 0 amide bonds. The van der Waals surface area contributed by atoms with Gasteiger partial charge < -0.3 is 10.3 Å². The molecule has 5 aromatic rings. The first kappa shape index (κ1) is 23.9. The van der Waals surface area contributed by atoms with Crippen molar-refractivity contribution in [2.75, 3.05) is 5.73 Å². The van der Waals surface area contributed by atoms with Crippen LogP contribution in [0.2, 0.25) is 0 Å². The molecule has 0 aliphatic carbocycles. The molecule has 0 atom stereocenters. The fraction of sp³-hybridized carbons (Fsp3) is 0.0833. The number of halogens is 1. The van der Waals surface area contributed by atoms with Crippen LogP contribution in [0.4, 0.5) is 10.2 Å². The largest absolute Gasteiger partial charge is 0.384 e. The predicted molar refractivity (Wildman–Crippen MR) is 133 cm³/mol. The number of rotatable bonds is 6. The zero-order valence-corrected chi connectivity index (χ0v) is 20.3. The molecule has 0 spiro atoms. The van der Waals surface area contributed by atoms with Gasteiger partial charge in [0.05, 0.1) is 20.8 Å². The third kappa shape index (κ3) is 4.19. The lowest BCUT2D eigenvalue weighted by Gasteiger charge is -2.09. The van der Waals surface area contributed by atoms with E-state index >= 15 is 0 Å². The SMILES string of the molecule is Nc1c(S(=O)(=O)c2ccc(F)cc2)c2nc3ccccc3nc2n1CCc1ccc(S(N)(=O)=O)cc1. The molecule has 4 N–H and O–H groups in total. The van der Waals surface area contributed by atoms with Gasteiger partial charge in [0.25, 0.3) is 0 Å². The van der Waals surface area contributed by atoms with Crippen LogP contribution in [-0.4, -0.2) is 31.4 Å². The summed E-state index contributed by atoms with van der Waals surface area (Å²) >= 11 is 0. The molecule has 36 heavy (non-hydrogen) atoms. The lowest BCUT2D eigenvalue weighted by atomic mass is 10.1. The van der Waals surface area contributed by atoms with Crippen LogP contribution in [0, 0.1) is 5.82 Å². The highest BCUT2D eigenvalue weighted by Gasteiger charge is 2.30. The zero-order valence-electron chi connectivity index (χ0n) is 18.7. The number of aryl methyl sites for hydroxylation is 2. The topological polar surface area (TPSA) is 151 Å². The smallest absolute Gasteiger partial charge is 0.238 e. The minimum atomic E-state index is -4.16. The van der Waals surface area contributed by atoms with Gasteiger partial charge >= 0.3 is 0 Å². The normalized spacial score (nSPS) is 12.4. The predicted octanol–water partition coefficient (Wildman–Crippen LogP) is 3.03. The number of fused-ring (bicyclic) bond motifs is 2. The van der Waals surface area contributed by atoms with E-state index in [9.17, 15) is 21.2 Å². The quantitative estimate of drug-likeness (QED) is 0.323. The van der Waals surface area contributed by atoms with E-state index in [2.05, 4.69) is 9.97 Å². The van der Waals surface area contributed by atoms with Crippen molar-refractivity contribution in [1.29, 1.82) is 0 Å². The fourth-order valence-electron chi connectivity index (χ4n) is 4.00. The average Bonchev–Trinajstić information content (AvgIpc) is 3.11. The maximum absolute atomic E-state index is 13.6. The summed E-state index contributed by atoms with van der Waals surface area (Å²) in [4.78, 5) is 8.87. The number of aromatic nitrogens is 3. The second-order valence-corrected chi connectivity index (χ2v) is 11.6. The molecule has 184 valence electrons. The van der Waals surface area contributed by atoms with E-state index in [0.29, 0.717) is 17.5 Å². The van der Waals surface area contributed by atoms with Gasteiger partial charge in [-0.3, -0.25) is 0 Å². The Kier molecular flexibility index (Phi) is 5.74. The molecule has 0 saturated heterocycles. The number of nitrogens with zero attached hydrogens (tertiary/aromatic N) is 3. The van der Waals surface area contributed by atoms with Crippen molar-refractivity contribution in [3.8, 4) is 0 Å². The van der Waals surface area contributed by atoms with Crippen molar-refractivity contribution in [2.45, 2.75) is 27.7 Å². The van der Waals surface area contributed by atoms with Gasteiger partial charge in [0.15, 0.2) is 5.65 Å². The van der Waals surface area contributed by atoms with E-state index in [1.54, 1.807) is 41.0 Å². The molecular weight excluding hydrogens is 505 g/mol. The molecule has 0 radical (unpaired) electrons. The molecule has 0 saturated carbocycles. The van der Waals surface area contributed by atoms with E-state index in [1.807, 2.05) is 0 Å². The third-order valence-corrected chi connectivity index (χ3v) is 8.58. The zero-order chi connectivity index (χ0) is 25.7. The fourth-order valence-corrected chi connectivity index (χ4v) is 6.02. The molecule has 3 aromatic carbocycles. The molecule has 0 fully saturated rings. The first-order chi connectivity index (χ1) is 17.1. The van der Waals surface area contributed by atoms with E-state index < -0.39 is 25.7 Å². The van der Waals surface area contributed by atoms with Crippen LogP contribution in [0.25, 0.3) is 22.2 Å². The van der Waals surface area contributed by atoms with Crippen molar-refractivity contribution in [1.82, 2.24) is 14.5 Å². The molecule has 0 aliphatic rings. The van der Waals surface area contributed by atoms with Crippen LogP contribution >= 0.6 is 0 Å². The van der Waals surface area contributed by atoms with Crippen LogP contribution in [0.3, 0.4) is 0 Å². The molecular formula is C24H20FN5O4S2. The number of sulfonamides is 1. The minimum Gasteiger partial charge on any atom is -0.384 e. The lowest BCUT2D eigenvalue weighted by molar-refractivity contribution is 0.594. The van der Waals surface area contributed by atoms with Crippen molar-refractivity contribution in [2.24, 2.45) is 5.14 Å². The summed E-state index contributed by atoms with van der Waals surface area (Å²) in [6.07, 6.45) is 0.392. The highest BCUT2D eigenvalue weighted by atomic mass is 32.2. The highest BCUT2D eigenvalue weighted by Crippen LogP contribution is 2.35. The van der Waals surface area contributed by atoms with Crippen LogP contribution in [0.5, 0.6) is 0 Å². The van der Waals surface area contributed by atoms with Gasteiger partial charge in [0, 0.05) is 6.54 Å². The summed E-state index contributed by atoms with van der Waals surface area (Å²) in [6, 6.07) is 17.6. The second-order valence-electron chi connectivity index (χ2n) is 8.15. The standard InChI is InChI=1S/C24H20FN5O4S2/c25-16-7-11-17(12-8-16)35(31,32)22-21-24(29-20-4-2-1-3-19(20)28-21)30(23(22)26)14-13-15-5-9-18(10-6-15)36(27,33)34/h1-12H,13-14,26H2,(H2,27,33,34). The Labute approximate surface area is 206 Å². The van der Waals surface area contributed by atoms with Crippen molar-refractivity contribution >= 4 is 47.9 Å². The van der Waals surface area contributed by atoms with Gasteiger partial charge in [-0.05, 0) is 60.5 Å². The summed E-state index contributed by atoms with van der Waals surface area (Å²) in [5, 5.41) is 5.16. The number of sulfone groups is 1. The number of primary sulfonamides is 1. The average molecular weight is 526 g/mol. The Hall–Kier alpha value is -3.87. The number of benzene rings is 3. The molecule has 5 rings (SSSR count). The molecule has 2 aromatic heterocycles. The highest BCUT2D eigenvalue weighted by molar-refractivity contribution is 7.92. The summed E-state index contributed by atoms with van der Waals surface area (Å²) < 4.78 is 65.2. The molecule has 0 unspecified atom stereocenters. The molecule has 9 nitrogen and oxygen atoms in total. The van der Waals surface area contributed by atoms with Crippen LogP contribution in [-0.2, 0) is 32.8 Å². The van der Waals surface area contributed by atoms with Gasteiger partial charge in [0.2, 0.25) is 19.9 Å². The number of hydrogen-bond donors (Lipinski definition) is 2. The van der Waals surface area contributed by atoms with Gasteiger partial charge in [-0.2, -0.15) is 0 Å². The minimum absolute atomic E-state index is 0.0119. The number of nitrogens with two attached hydrogens (primary N) is 2. The van der Waals surface area contributed by atoms with E-state index in [-0.39, 0.29) is 38.2 Å². The maximum atomic E-state index is 13.6. The summed E-state index contributed by atoms with van der Waals surface area (Å²) in [6.45, 7) is 0.239. The van der Waals surface area contributed by atoms with Crippen LogP contribution in [0.15, 0.2) is 87.5 Å². The van der Waals surface area contributed by atoms with Crippen LogP contribution < -0.4 is 10.9 Å². The number of nitrogen functional groups attached to an aromatic ring is 1. The Balaban J connectivity index is 1.65. The Morgan fingerprint density at radius 3 is 2.00 bits per heavy atom. The van der Waals surface area contributed by atoms with Gasteiger partial charge in [-0.1, -0.05) is 24.3 Å². The Bertz CT molecular complexity index is 1830. The molecule has 12 heteroatoms. The summed E-state index contributed by atoms with van der Waals surface area (Å²) in [5.74, 6) is -0.616. The maximum Gasteiger partial charge on any atom is 0.238 e. The van der Waals surface area contributed by atoms with Gasteiger partial charge in [-0.15, -0.1) is 0 Å². The van der Waals surface area contributed by atoms with Crippen molar-refractivity contribution in [3.05, 3.63) is 84.2 Å². The Morgan fingerprint density at radius 2 is 1.39 bits per heavy atom. The van der Waals surface area contributed by atoms with E-state index in [0.717, 1.165) is 17.7 Å².